The summed E-state index contributed by atoms with van der Waals surface area (Å²) < 4.78 is 92.2. The molecule has 0 saturated carbocycles. The number of benzene rings is 3. The first-order valence-electron chi connectivity index (χ1n) is 12.8. The van der Waals surface area contributed by atoms with Gasteiger partial charge >= 0.3 is 12.1 Å². The highest BCUT2D eigenvalue weighted by molar-refractivity contribution is 7.89. The molecule has 3 aromatic carbocycles. The quantitative estimate of drug-likeness (QED) is 0.224. The van der Waals surface area contributed by atoms with Gasteiger partial charge in [0, 0.05) is 30.9 Å². The molecule has 13 nitrogen and oxygen atoms in total. The van der Waals surface area contributed by atoms with E-state index in [9.17, 15) is 36.3 Å². The second kappa shape index (κ2) is 12.0. The first kappa shape index (κ1) is 31.1. The Morgan fingerprint density at radius 2 is 1.76 bits per heavy atom. The third-order valence-electron chi connectivity index (χ3n) is 6.43. The summed E-state index contributed by atoms with van der Waals surface area (Å²) in [5.41, 5.74) is -1.48. The lowest BCUT2D eigenvalue weighted by atomic mass is 10.1. The number of hydrogen-bond acceptors (Lipinski definition) is 9. The minimum Gasteiger partial charge on any atom is -0.496 e. The van der Waals surface area contributed by atoms with E-state index in [4.69, 9.17) is 18.9 Å². The molecule has 17 heteroatoms. The van der Waals surface area contributed by atoms with E-state index in [2.05, 4.69) is 15.1 Å². The fourth-order valence-electron chi connectivity index (χ4n) is 4.22. The standard InChI is InChI=1S/C28H23F3N4O9S/c1-35-25(12-19(34-35)27(37)38)44-22-8-5-17(33-26(36)16-4-7-20(41-2)18(10-16)28(29,30)31)11-24(22)45(39,40)32-13-15-3-6-21-23(9-15)43-14-42-21/h3-12,32H,13-14H2,1-2H3,(H,33,36)(H,37,38). The number of methoxy groups -OCH3 is 1. The van der Waals surface area contributed by atoms with Crippen LogP contribution >= 0.6 is 0 Å². The van der Waals surface area contributed by atoms with Gasteiger partial charge in [-0.05, 0) is 54.1 Å². The van der Waals surface area contributed by atoms with Crippen LogP contribution in [-0.2, 0) is 29.8 Å². The molecule has 0 saturated heterocycles. The second-order valence-electron chi connectivity index (χ2n) is 9.44. The number of nitrogens with zero attached hydrogens (tertiary/aromatic N) is 2. The van der Waals surface area contributed by atoms with Crippen molar-refractivity contribution in [2.45, 2.75) is 17.6 Å². The topological polar surface area (TPSA) is 167 Å². The van der Waals surface area contributed by atoms with Crippen molar-refractivity contribution in [2.24, 2.45) is 7.05 Å². The number of hydrogen-bond donors (Lipinski definition) is 3. The molecule has 1 amide bonds. The van der Waals surface area contributed by atoms with Crippen molar-refractivity contribution in [2.75, 3.05) is 19.2 Å². The monoisotopic (exact) mass is 648 g/mol. The Morgan fingerprint density at radius 3 is 2.44 bits per heavy atom. The summed E-state index contributed by atoms with van der Waals surface area (Å²) in [5.74, 6) is -2.25. The fraction of sp³-hybridized carbons (Fsp3) is 0.179. The third-order valence-corrected chi connectivity index (χ3v) is 7.85. The number of fused-ring (bicyclic) bond motifs is 1. The first-order chi connectivity index (χ1) is 21.2. The molecule has 45 heavy (non-hydrogen) atoms. The van der Waals surface area contributed by atoms with E-state index in [-0.39, 0.29) is 41.9 Å². The molecule has 2 heterocycles. The van der Waals surface area contributed by atoms with Crippen LogP contribution in [0.25, 0.3) is 0 Å². The van der Waals surface area contributed by atoms with E-state index in [0.717, 1.165) is 36.1 Å². The van der Waals surface area contributed by atoms with Crippen molar-refractivity contribution in [3.63, 3.8) is 0 Å². The van der Waals surface area contributed by atoms with Crippen LogP contribution in [0.3, 0.4) is 0 Å². The molecular weight excluding hydrogens is 625 g/mol. The molecule has 0 aliphatic carbocycles. The van der Waals surface area contributed by atoms with Gasteiger partial charge in [0.25, 0.3) is 5.91 Å². The lowest BCUT2D eigenvalue weighted by Crippen LogP contribution is -2.24. The Morgan fingerprint density at radius 1 is 1.02 bits per heavy atom. The molecule has 4 aromatic rings. The summed E-state index contributed by atoms with van der Waals surface area (Å²) >= 11 is 0. The van der Waals surface area contributed by atoms with Crippen molar-refractivity contribution in [3.05, 3.63) is 83.0 Å². The van der Waals surface area contributed by atoms with Gasteiger partial charge in [0.05, 0.1) is 12.7 Å². The molecule has 1 aliphatic heterocycles. The first-order valence-corrected chi connectivity index (χ1v) is 14.3. The predicted molar refractivity (Wildman–Crippen MR) is 149 cm³/mol. The molecule has 1 aromatic heterocycles. The van der Waals surface area contributed by atoms with Gasteiger partial charge in [-0.15, -0.1) is 0 Å². The molecule has 0 atom stereocenters. The molecular formula is C28H23F3N4O9S. The maximum atomic E-state index is 13.6. The van der Waals surface area contributed by atoms with Gasteiger partial charge in [-0.3, -0.25) is 4.79 Å². The van der Waals surface area contributed by atoms with E-state index in [1.54, 1.807) is 18.2 Å². The Bertz CT molecular complexity index is 1910. The lowest BCUT2D eigenvalue weighted by Gasteiger charge is -2.16. The zero-order chi connectivity index (χ0) is 32.5. The van der Waals surface area contributed by atoms with E-state index < -0.39 is 44.3 Å². The number of halogens is 3. The zero-order valence-electron chi connectivity index (χ0n) is 23.3. The molecule has 0 fully saturated rings. The van der Waals surface area contributed by atoms with Crippen LogP contribution < -0.4 is 29.0 Å². The van der Waals surface area contributed by atoms with Crippen LogP contribution in [0.1, 0.15) is 32.0 Å². The summed E-state index contributed by atoms with van der Waals surface area (Å²) in [6, 6.07) is 12.1. The SMILES string of the molecule is COc1ccc(C(=O)Nc2ccc(Oc3cc(C(=O)O)nn3C)c(S(=O)(=O)NCc3ccc4c(c3)OCO4)c2)cc1C(F)(F)F. The Labute approximate surface area is 253 Å². The number of sulfonamides is 1. The van der Waals surface area contributed by atoms with Crippen LogP contribution in [0.5, 0.6) is 28.9 Å². The van der Waals surface area contributed by atoms with Crippen LogP contribution in [-0.4, -0.2) is 49.1 Å². The number of carboxylic acids is 1. The number of amides is 1. The number of aryl methyl sites for hydroxylation is 1. The second-order valence-corrected chi connectivity index (χ2v) is 11.2. The van der Waals surface area contributed by atoms with Gasteiger partial charge in [0.2, 0.25) is 22.7 Å². The molecule has 1 aliphatic rings. The molecule has 0 radical (unpaired) electrons. The number of aromatic carboxylic acids is 1. The molecule has 0 unspecified atom stereocenters. The minimum atomic E-state index is -4.81. The van der Waals surface area contributed by atoms with Crippen molar-refractivity contribution < 1.29 is 55.2 Å². The zero-order valence-corrected chi connectivity index (χ0v) is 24.2. The number of aromatic nitrogens is 2. The van der Waals surface area contributed by atoms with Gasteiger partial charge in [-0.25, -0.2) is 22.6 Å². The van der Waals surface area contributed by atoms with Crippen molar-refractivity contribution in [3.8, 4) is 28.9 Å². The summed E-state index contributed by atoms with van der Waals surface area (Å²) in [6.45, 7) is -0.175. The Hall–Kier alpha value is -5.29. The van der Waals surface area contributed by atoms with Gasteiger partial charge < -0.3 is 29.4 Å². The summed E-state index contributed by atoms with van der Waals surface area (Å²) in [7, 11) is -1.97. The van der Waals surface area contributed by atoms with Crippen molar-refractivity contribution >= 4 is 27.6 Å². The van der Waals surface area contributed by atoms with E-state index >= 15 is 0 Å². The number of nitrogens with one attached hydrogen (secondary N) is 2. The van der Waals surface area contributed by atoms with Crippen LogP contribution in [0.15, 0.2) is 65.6 Å². The summed E-state index contributed by atoms with van der Waals surface area (Å²) in [4.78, 5) is 23.8. The maximum absolute atomic E-state index is 13.6. The number of carbonyl (C=O) groups is 2. The van der Waals surface area contributed by atoms with Crippen molar-refractivity contribution in [1.82, 2.24) is 14.5 Å². The largest absolute Gasteiger partial charge is 0.496 e. The number of anilines is 1. The Balaban J connectivity index is 1.46. The number of rotatable bonds is 10. The average molecular weight is 649 g/mol. The van der Waals surface area contributed by atoms with Crippen LogP contribution in [0.4, 0.5) is 18.9 Å². The smallest absolute Gasteiger partial charge is 0.419 e. The van der Waals surface area contributed by atoms with Crippen molar-refractivity contribution in [1.29, 1.82) is 0 Å². The maximum Gasteiger partial charge on any atom is 0.419 e. The highest BCUT2D eigenvalue weighted by Gasteiger charge is 2.35. The molecule has 0 bridgehead atoms. The van der Waals surface area contributed by atoms with E-state index in [1.807, 2.05) is 0 Å². The van der Waals surface area contributed by atoms with Crippen LogP contribution in [0, 0.1) is 0 Å². The molecule has 0 spiro atoms. The molecule has 3 N–H and O–H groups in total. The van der Waals surface area contributed by atoms with E-state index in [1.165, 1.54) is 19.2 Å². The van der Waals surface area contributed by atoms with E-state index in [0.29, 0.717) is 23.1 Å². The average Bonchev–Trinajstić information content (AvgIpc) is 3.62. The number of carbonyl (C=O) groups excluding carboxylic acids is 1. The van der Waals surface area contributed by atoms with Crippen LogP contribution in [0.2, 0.25) is 0 Å². The highest BCUT2D eigenvalue weighted by Crippen LogP contribution is 2.37. The van der Waals surface area contributed by atoms with Gasteiger partial charge in [-0.1, -0.05) is 6.07 Å². The fourth-order valence-corrected chi connectivity index (χ4v) is 5.39. The van der Waals surface area contributed by atoms with Gasteiger partial charge in [0.15, 0.2) is 17.2 Å². The Kier molecular flexibility index (Phi) is 8.31. The summed E-state index contributed by atoms with van der Waals surface area (Å²) in [6.07, 6.45) is -4.81. The normalized spacial score (nSPS) is 12.6. The molecule has 236 valence electrons. The lowest BCUT2D eigenvalue weighted by molar-refractivity contribution is -0.138. The van der Waals surface area contributed by atoms with Gasteiger partial charge in [-0.2, -0.15) is 18.3 Å². The minimum absolute atomic E-state index is 0.0232. The number of alkyl halides is 3. The summed E-state index contributed by atoms with van der Waals surface area (Å²) in [5, 5.41) is 15.4. The number of carboxylic acid groups (broad SMARTS) is 1. The molecule has 5 rings (SSSR count). The van der Waals surface area contributed by atoms with Gasteiger partial charge in [0.1, 0.15) is 16.4 Å². The highest BCUT2D eigenvalue weighted by atomic mass is 32.2. The third kappa shape index (κ3) is 6.78. The predicted octanol–water partition coefficient (Wildman–Crippen LogP) is 4.40. The number of ether oxygens (including phenoxy) is 4.